The number of benzene rings is 1. The zero-order chi connectivity index (χ0) is 19.1. The third-order valence-corrected chi connectivity index (χ3v) is 6.71. The number of carboxylic acid groups (broad SMARTS) is 1. The summed E-state index contributed by atoms with van der Waals surface area (Å²) in [6.45, 7) is 0.469. The topological polar surface area (TPSA) is 116 Å². The quantitative estimate of drug-likeness (QED) is 0.687. The second kappa shape index (κ2) is 7.16. The average molecular weight is 389 g/mol. The lowest BCUT2D eigenvalue weighted by atomic mass is 9.83. The molecule has 1 amide bonds. The molecule has 1 saturated heterocycles. The first kappa shape index (κ1) is 18.3. The Kier molecular flexibility index (Phi) is 4.86. The van der Waals surface area contributed by atoms with Gasteiger partial charge in [0.1, 0.15) is 5.84 Å². The standard InChI is InChI=1S/C19H23N3O4S/c20-17(25)14-7-10(1-6-16(23)24)9-22-18(14)21-15-5-4-12(27-11-2-3-11)8-13(15)19(22)26/h4-5,8,10-11,14,19,26H,1-3,6-7,9H2,(H2,20,25)(H,23,24). The second-order valence-corrected chi connectivity index (χ2v) is 8.90. The van der Waals surface area contributed by atoms with Crippen LogP contribution in [0.4, 0.5) is 5.69 Å². The number of nitrogens with zero attached hydrogens (tertiary/aromatic N) is 2. The van der Waals surface area contributed by atoms with Gasteiger partial charge in [0.2, 0.25) is 5.91 Å². The van der Waals surface area contributed by atoms with Crippen LogP contribution in [0.15, 0.2) is 28.1 Å². The molecule has 144 valence electrons. The number of hydrogen-bond donors (Lipinski definition) is 3. The lowest BCUT2D eigenvalue weighted by Gasteiger charge is -2.44. The summed E-state index contributed by atoms with van der Waals surface area (Å²) in [5.41, 5.74) is 6.99. The summed E-state index contributed by atoms with van der Waals surface area (Å²) in [6, 6.07) is 5.87. The van der Waals surface area contributed by atoms with Gasteiger partial charge < -0.3 is 20.8 Å². The molecular formula is C19H23N3O4S. The number of piperidine rings is 1. The maximum atomic E-state index is 12.0. The number of aliphatic carboxylic acids is 1. The van der Waals surface area contributed by atoms with Crippen LogP contribution in [0.5, 0.6) is 0 Å². The maximum absolute atomic E-state index is 12.0. The van der Waals surface area contributed by atoms with Gasteiger partial charge in [-0.1, -0.05) is 0 Å². The number of amidine groups is 1. The molecule has 0 aromatic heterocycles. The summed E-state index contributed by atoms with van der Waals surface area (Å²) in [4.78, 5) is 30.4. The van der Waals surface area contributed by atoms with E-state index in [1.807, 2.05) is 30.0 Å². The van der Waals surface area contributed by atoms with Crippen molar-refractivity contribution in [1.29, 1.82) is 0 Å². The van der Waals surface area contributed by atoms with Crippen molar-refractivity contribution in [2.45, 2.75) is 48.5 Å². The van der Waals surface area contributed by atoms with E-state index < -0.39 is 24.0 Å². The van der Waals surface area contributed by atoms with E-state index in [1.165, 1.54) is 12.8 Å². The molecule has 3 aliphatic rings. The van der Waals surface area contributed by atoms with E-state index >= 15 is 0 Å². The molecule has 8 heteroatoms. The molecule has 1 aromatic rings. The van der Waals surface area contributed by atoms with Crippen molar-refractivity contribution in [3.8, 4) is 0 Å². The van der Waals surface area contributed by atoms with Crippen LogP contribution in [-0.4, -0.2) is 44.6 Å². The van der Waals surface area contributed by atoms with Gasteiger partial charge in [-0.15, -0.1) is 11.8 Å². The third kappa shape index (κ3) is 3.82. The molecule has 4 N–H and O–H groups in total. The molecule has 0 radical (unpaired) electrons. The maximum Gasteiger partial charge on any atom is 0.303 e. The summed E-state index contributed by atoms with van der Waals surface area (Å²) >= 11 is 1.81. The number of amides is 1. The molecule has 7 nitrogen and oxygen atoms in total. The molecule has 27 heavy (non-hydrogen) atoms. The first-order valence-electron chi connectivity index (χ1n) is 9.27. The van der Waals surface area contributed by atoms with Crippen molar-refractivity contribution in [3.63, 3.8) is 0 Å². The van der Waals surface area contributed by atoms with E-state index in [4.69, 9.17) is 10.8 Å². The zero-order valence-electron chi connectivity index (χ0n) is 14.9. The number of primary amides is 1. The van der Waals surface area contributed by atoms with Crippen LogP contribution in [0.3, 0.4) is 0 Å². The number of aliphatic hydroxyl groups excluding tert-OH is 1. The van der Waals surface area contributed by atoms with E-state index in [0.29, 0.717) is 36.2 Å². The number of hydrogen-bond acceptors (Lipinski definition) is 6. The lowest BCUT2D eigenvalue weighted by molar-refractivity contribution is -0.137. The van der Waals surface area contributed by atoms with E-state index in [0.717, 1.165) is 10.5 Å². The molecule has 2 heterocycles. The van der Waals surface area contributed by atoms with Crippen molar-refractivity contribution >= 4 is 35.2 Å². The van der Waals surface area contributed by atoms with Gasteiger partial charge in [0.25, 0.3) is 0 Å². The molecule has 2 aliphatic heterocycles. The molecule has 0 spiro atoms. The summed E-state index contributed by atoms with van der Waals surface area (Å²) in [7, 11) is 0. The number of rotatable bonds is 6. The number of carbonyl (C=O) groups is 2. The average Bonchev–Trinajstić information content (AvgIpc) is 3.44. The first-order chi connectivity index (χ1) is 12.9. The van der Waals surface area contributed by atoms with Crippen LogP contribution in [0.2, 0.25) is 0 Å². The van der Waals surface area contributed by atoms with E-state index in [-0.39, 0.29) is 12.3 Å². The van der Waals surface area contributed by atoms with Gasteiger partial charge in [-0.05, 0) is 49.8 Å². The molecule has 4 rings (SSSR count). The minimum atomic E-state index is -0.901. The Morgan fingerprint density at radius 1 is 1.33 bits per heavy atom. The highest BCUT2D eigenvalue weighted by atomic mass is 32.2. The number of nitrogens with two attached hydrogens (primary N) is 1. The largest absolute Gasteiger partial charge is 0.481 e. The highest BCUT2D eigenvalue weighted by Crippen LogP contribution is 2.44. The van der Waals surface area contributed by atoms with E-state index in [2.05, 4.69) is 4.99 Å². The normalized spacial score (nSPS) is 26.8. The summed E-state index contributed by atoms with van der Waals surface area (Å²) in [5, 5.41) is 20.6. The number of carboxylic acids is 1. The van der Waals surface area contributed by atoms with Gasteiger partial charge in [0, 0.05) is 28.7 Å². The van der Waals surface area contributed by atoms with Crippen molar-refractivity contribution < 1.29 is 19.8 Å². The van der Waals surface area contributed by atoms with Gasteiger partial charge >= 0.3 is 5.97 Å². The predicted octanol–water partition coefficient (Wildman–Crippen LogP) is 2.26. The molecule has 1 aliphatic carbocycles. The summed E-state index contributed by atoms with van der Waals surface area (Å²) < 4.78 is 0. The van der Waals surface area contributed by atoms with Crippen LogP contribution in [-0.2, 0) is 9.59 Å². The van der Waals surface area contributed by atoms with Crippen LogP contribution >= 0.6 is 11.8 Å². The Hall–Kier alpha value is -2.06. The number of thioether (sulfide) groups is 1. The molecule has 1 aromatic carbocycles. The van der Waals surface area contributed by atoms with Gasteiger partial charge in [0.15, 0.2) is 6.23 Å². The Balaban J connectivity index is 1.63. The minimum Gasteiger partial charge on any atom is -0.481 e. The number of fused-ring (bicyclic) bond motifs is 2. The fourth-order valence-corrected chi connectivity index (χ4v) is 4.92. The Bertz CT molecular complexity index is 808. The smallest absolute Gasteiger partial charge is 0.303 e. The molecular weight excluding hydrogens is 366 g/mol. The lowest BCUT2D eigenvalue weighted by Crippen LogP contribution is -2.52. The van der Waals surface area contributed by atoms with Gasteiger partial charge in [-0.25, -0.2) is 4.99 Å². The van der Waals surface area contributed by atoms with Gasteiger partial charge in [0.05, 0.1) is 11.6 Å². The minimum absolute atomic E-state index is 0.0298. The second-order valence-electron chi connectivity index (χ2n) is 7.52. The van der Waals surface area contributed by atoms with Crippen molar-refractivity contribution in [1.82, 2.24) is 4.90 Å². The van der Waals surface area contributed by atoms with Crippen LogP contribution in [0, 0.1) is 11.8 Å². The molecule has 1 saturated carbocycles. The van der Waals surface area contributed by atoms with Crippen molar-refractivity contribution in [2.75, 3.05) is 6.54 Å². The fourth-order valence-electron chi connectivity index (χ4n) is 3.82. The predicted molar refractivity (Wildman–Crippen MR) is 102 cm³/mol. The highest BCUT2D eigenvalue weighted by molar-refractivity contribution is 8.00. The van der Waals surface area contributed by atoms with E-state index in [9.17, 15) is 14.7 Å². The zero-order valence-corrected chi connectivity index (χ0v) is 15.7. The Morgan fingerprint density at radius 2 is 2.11 bits per heavy atom. The van der Waals surface area contributed by atoms with Crippen LogP contribution in [0.1, 0.15) is 43.9 Å². The van der Waals surface area contributed by atoms with Crippen LogP contribution < -0.4 is 5.73 Å². The van der Waals surface area contributed by atoms with Crippen molar-refractivity contribution in [3.05, 3.63) is 23.8 Å². The molecule has 3 atom stereocenters. The third-order valence-electron chi connectivity index (χ3n) is 5.37. The SMILES string of the molecule is NC(=O)C1CC(CCC(=O)O)CN2C1=Nc1ccc(SC3CC3)cc1C2O. The Labute approximate surface area is 161 Å². The molecule has 3 unspecified atom stereocenters. The molecule has 2 fully saturated rings. The number of carbonyl (C=O) groups excluding carboxylic acids is 1. The fraction of sp³-hybridized carbons (Fsp3) is 0.526. The van der Waals surface area contributed by atoms with Crippen molar-refractivity contribution in [2.24, 2.45) is 22.6 Å². The van der Waals surface area contributed by atoms with E-state index in [1.54, 1.807) is 4.90 Å². The van der Waals surface area contributed by atoms with Gasteiger partial charge in [-0.3, -0.25) is 9.59 Å². The summed E-state index contributed by atoms with van der Waals surface area (Å²) in [6.07, 6.45) is 2.50. The number of aliphatic imine (C=N–C) groups is 1. The molecule has 0 bridgehead atoms. The highest BCUT2D eigenvalue weighted by Gasteiger charge is 2.41. The Morgan fingerprint density at radius 3 is 2.78 bits per heavy atom. The van der Waals surface area contributed by atoms with Crippen LogP contribution in [0.25, 0.3) is 0 Å². The summed E-state index contributed by atoms with van der Waals surface area (Å²) in [5.74, 6) is -1.50. The monoisotopic (exact) mass is 389 g/mol. The van der Waals surface area contributed by atoms with Gasteiger partial charge in [-0.2, -0.15) is 0 Å². The first-order valence-corrected chi connectivity index (χ1v) is 10.2. The number of aliphatic hydroxyl groups is 1.